The molecule has 1 saturated heterocycles. The first-order valence-corrected chi connectivity index (χ1v) is 12.4. The molecule has 0 saturated carbocycles. The molecule has 0 spiro atoms. The van der Waals surface area contributed by atoms with E-state index < -0.39 is 0 Å². The van der Waals surface area contributed by atoms with Crippen LogP contribution in [0.3, 0.4) is 0 Å². The highest BCUT2D eigenvalue weighted by molar-refractivity contribution is 5.95. The number of hydrogen-bond donors (Lipinski definition) is 1. The van der Waals surface area contributed by atoms with E-state index in [1.807, 2.05) is 60.5 Å². The average molecular weight is 470 g/mol. The third kappa shape index (κ3) is 5.13. The minimum Gasteiger partial charge on any atom is -0.381 e. The van der Waals surface area contributed by atoms with Crippen molar-refractivity contribution in [2.75, 3.05) is 19.8 Å². The predicted octanol–water partition coefficient (Wildman–Crippen LogP) is 4.30. The number of nitrogens with zero attached hydrogens (tertiary/aromatic N) is 2. The molecule has 0 unspecified atom stereocenters. The zero-order chi connectivity index (χ0) is 24.2. The highest BCUT2D eigenvalue weighted by Crippen LogP contribution is 2.26. The Hall–Kier alpha value is -3.51. The number of pyridine rings is 1. The van der Waals surface area contributed by atoms with E-state index in [0.717, 1.165) is 47.2 Å². The van der Waals surface area contributed by atoms with Crippen molar-refractivity contribution >= 4 is 11.8 Å². The van der Waals surface area contributed by atoms with Crippen molar-refractivity contribution in [2.45, 2.75) is 39.3 Å². The molecule has 2 aliphatic heterocycles. The third-order valence-corrected chi connectivity index (χ3v) is 7.15. The Bertz CT molecular complexity index is 1200. The molecule has 1 aromatic heterocycles. The molecule has 2 amide bonds. The molecule has 1 fully saturated rings. The second kappa shape index (κ2) is 10.4. The van der Waals surface area contributed by atoms with Crippen LogP contribution in [0, 0.1) is 12.8 Å². The van der Waals surface area contributed by atoms with Crippen molar-refractivity contribution in [3.05, 3.63) is 88.7 Å². The summed E-state index contributed by atoms with van der Waals surface area (Å²) in [4.78, 5) is 32.3. The Balaban J connectivity index is 1.26. The van der Waals surface area contributed by atoms with Crippen LogP contribution < -0.4 is 5.32 Å². The van der Waals surface area contributed by atoms with Crippen LogP contribution in [0.1, 0.15) is 45.6 Å². The number of ether oxygens (including phenoxy) is 1. The van der Waals surface area contributed by atoms with Gasteiger partial charge in [0.15, 0.2) is 0 Å². The van der Waals surface area contributed by atoms with E-state index in [0.29, 0.717) is 38.4 Å². The molecular weight excluding hydrogens is 438 g/mol. The van der Waals surface area contributed by atoms with Crippen molar-refractivity contribution in [3.8, 4) is 11.1 Å². The zero-order valence-electron chi connectivity index (χ0n) is 20.1. The molecule has 0 atom stereocenters. The van der Waals surface area contributed by atoms with Crippen molar-refractivity contribution in [3.63, 3.8) is 0 Å². The summed E-state index contributed by atoms with van der Waals surface area (Å²) in [6.07, 6.45) is 4.19. The molecule has 6 heteroatoms. The van der Waals surface area contributed by atoms with E-state index in [-0.39, 0.29) is 17.7 Å². The van der Waals surface area contributed by atoms with Crippen molar-refractivity contribution in [1.82, 2.24) is 15.2 Å². The van der Waals surface area contributed by atoms with Crippen LogP contribution in [0.5, 0.6) is 0 Å². The van der Waals surface area contributed by atoms with Gasteiger partial charge in [-0.05, 0) is 66.1 Å². The smallest absolute Gasteiger partial charge is 0.254 e. The normalized spacial score (nSPS) is 16.0. The molecule has 0 bridgehead atoms. The number of aryl methyl sites for hydroxylation is 1. The Kier molecular flexibility index (Phi) is 6.91. The Morgan fingerprint density at radius 1 is 1.03 bits per heavy atom. The fourth-order valence-corrected chi connectivity index (χ4v) is 5.03. The van der Waals surface area contributed by atoms with Crippen LogP contribution in [0.15, 0.2) is 60.8 Å². The van der Waals surface area contributed by atoms with Gasteiger partial charge in [0.05, 0.1) is 0 Å². The maximum atomic E-state index is 13.2. The van der Waals surface area contributed by atoms with Crippen LogP contribution in [-0.2, 0) is 29.0 Å². The molecule has 0 aliphatic carbocycles. The molecule has 1 N–H and O–H groups in total. The summed E-state index contributed by atoms with van der Waals surface area (Å²) in [5, 5.41) is 3.12. The van der Waals surface area contributed by atoms with E-state index >= 15 is 0 Å². The summed E-state index contributed by atoms with van der Waals surface area (Å²) < 4.78 is 5.37. The predicted molar refractivity (Wildman–Crippen MR) is 135 cm³/mol. The lowest BCUT2D eigenvalue weighted by Crippen LogP contribution is -2.38. The maximum absolute atomic E-state index is 13.2. The number of carbonyl (C=O) groups excluding carboxylic acids is 2. The highest BCUT2D eigenvalue weighted by atomic mass is 16.5. The van der Waals surface area contributed by atoms with E-state index in [1.165, 1.54) is 5.56 Å². The summed E-state index contributed by atoms with van der Waals surface area (Å²) in [7, 11) is 0. The number of amides is 2. The molecular formula is C29H31N3O3. The Labute approximate surface area is 206 Å². The van der Waals surface area contributed by atoms with Gasteiger partial charge in [0.25, 0.3) is 5.91 Å². The van der Waals surface area contributed by atoms with Gasteiger partial charge in [0, 0.05) is 56.2 Å². The summed E-state index contributed by atoms with van der Waals surface area (Å²) >= 11 is 0. The van der Waals surface area contributed by atoms with Crippen LogP contribution in [0.25, 0.3) is 11.1 Å². The van der Waals surface area contributed by atoms with Crippen LogP contribution >= 0.6 is 0 Å². The second-order valence-electron chi connectivity index (χ2n) is 9.35. The largest absolute Gasteiger partial charge is 0.381 e. The second-order valence-corrected chi connectivity index (χ2v) is 9.35. The summed E-state index contributed by atoms with van der Waals surface area (Å²) in [5.74, 6) is 0.153. The number of benzene rings is 2. The van der Waals surface area contributed by atoms with Crippen molar-refractivity contribution in [2.24, 2.45) is 5.92 Å². The Morgan fingerprint density at radius 3 is 2.49 bits per heavy atom. The fourth-order valence-electron chi connectivity index (χ4n) is 5.03. The summed E-state index contributed by atoms with van der Waals surface area (Å²) in [6.45, 7) is 4.95. The van der Waals surface area contributed by atoms with E-state index in [4.69, 9.17) is 4.74 Å². The average Bonchev–Trinajstić information content (AvgIpc) is 2.92. The van der Waals surface area contributed by atoms with Crippen LogP contribution in [0.2, 0.25) is 0 Å². The first-order chi connectivity index (χ1) is 17.1. The first kappa shape index (κ1) is 23.2. The minimum absolute atomic E-state index is 0.0259. The van der Waals surface area contributed by atoms with Gasteiger partial charge in [-0.2, -0.15) is 0 Å². The van der Waals surface area contributed by atoms with Gasteiger partial charge in [-0.25, -0.2) is 0 Å². The third-order valence-electron chi connectivity index (χ3n) is 7.15. The van der Waals surface area contributed by atoms with Gasteiger partial charge < -0.3 is 15.0 Å². The van der Waals surface area contributed by atoms with Gasteiger partial charge >= 0.3 is 0 Å². The number of fused-ring (bicyclic) bond motifs is 1. The SMILES string of the molecule is Cc1ncc2c(c1CNC(=O)C1CCOCC1)CCN(C(=O)c1ccc(-c3ccccc3)cc1)C2. The number of carbonyl (C=O) groups is 2. The summed E-state index contributed by atoms with van der Waals surface area (Å²) in [5.41, 5.74) is 7.22. The number of aromatic nitrogens is 1. The number of rotatable bonds is 5. The minimum atomic E-state index is 0.0259. The molecule has 3 aromatic rings. The molecule has 2 aromatic carbocycles. The standard InChI is InChI=1S/C29H31N3O3/c1-20-27(18-31-28(33)23-12-15-35-16-13-23)26-11-14-32(19-25(26)17-30-20)29(34)24-9-7-22(8-10-24)21-5-3-2-4-6-21/h2-10,17,23H,11-16,18-19H2,1H3,(H,31,33). The van der Waals surface area contributed by atoms with Crippen molar-refractivity contribution in [1.29, 1.82) is 0 Å². The molecule has 6 nitrogen and oxygen atoms in total. The fraction of sp³-hybridized carbons (Fsp3) is 0.345. The van der Waals surface area contributed by atoms with Crippen molar-refractivity contribution < 1.29 is 14.3 Å². The monoisotopic (exact) mass is 469 g/mol. The molecule has 5 rings (SSSR count). The van der Waals surface area contributed by atoms with Crippen LogP contribution in [-0.4, -0.2) is 41.5 Å². The van der Waals surface area contributed by atoms with E-state index in [2.05, 4.69) is 22.4 Å². The lowest BCUT2D eigenvalue weighted by molar-refractivity contribution is -0.128. The van der Waals surface area contributed by atoms with Gasteiger partial charge in [-0.15, -0.1) is 0 Å². The summed E-state index contributed by atoms with van der Waals surface area (Å²) in [6, 6.07) is 18.0. The van der Waals surface area contributed by atoms with Gasteiger partial charge in [0.2, 0.25) is 5.91 Å². The zero-order valence-corrected chi connectivity index (χ0v) is 20.1. The number of nitrogens with one attached hydrogen (secondary N) is 1. The van der Waals surface area contributed by atoms with Gasteiger partial charge in [-0.1, -0.05) is 42.5 Å². The lowest BCUT2D eigenvalue weighted by atomic mass is 9.94. The quantitative estimate of drug-likeness (QED) is 0.605. The molecule has 3 heterocycles. The van der Waals surface area contributed by atoms with Gasteiger partial charge in [0.1, 0.15) is 0 Å². The molecule has 0 radical (unpaired) electrons. The Morgan fingerprint density at radius 2 is 1.74 bits per heavy atom. The lowest BCUT2D eigenvalue weighted by Gasteiger charge is -2.31. The molecule has 2 aliphatic rings. The van der Waals surface area contributed by atoms with Gasteiger partial charge in [-0.3, -0.25) is 14.6 Å². The highest BCUT2D eigenvalue weighted by Gasteiger charge is 2.26. The topological polar surface area (TPSA) is 71.5 Å². The van der Waals surface area contributed by atoms with E-state index in [9.17, 15) is 9.59 Å². The number of hydrogen-bond acceptors (Lipinski definition) is 4. The molecule has 180 valence electrons. The molecule has 35 heavy (non-hydrogen) atoms. The van der Waals surface area contributed by atoms with E-state index in [1.54, 1.807) is 0 Å². The van der Waals surface area contributed by atoms with Crippen LogP contribution in [0.4, 0.5) is 0 Å². The maximum Gasteiger partial charge on any atom is 0.254 e. The first-order valence-electron chi connectivity index (χ1n) is 12.4.